The molecule has 16 heavy (non-hydrogen) atoms. The number of nitrogens with zero attached hydrogens (tertiary/aromatic N) is 1. The summed E-state index contributed by atoms with van der Waals surface area (Å²) in [7, 11) is 1.26. The van der Waals surface area contributed by atoms with Gasteiger partial charge in [-0.1, -0.05) is 5.16 Å². The second kappa shape index (κ2) is 4.34. The van der Waals surface area contributed by atoms with Crippen LogP contribution in [0.1, 0.15) is 30.1 Å². The summed E-state index contributed by atoms with van der Waals surface area (Å²) < 4.78 is 9.33. The van der Waals surface area contributed by atoms with Gasteiger partial charge in [-0.25, -0.2) is 4.79 Å². The number of hydrogen-bond acceptors (Lipinski definition) is 5. The quantitative estimate of drug-likeness (QED) is 0.766. The lowest BCUT2D eigenvalue weighted by Gasteiger charge is -2.22. The van der Waals surface area contributed by atoms with E-state index < -0.39 is 17.4 Å². The molecule has 1 amide bonds. The normalized spacial score (nSPS) is 11.0. The molecule has 1 N–H and O–H groups in total. The second-order valence-electron chi connectivity index (χ2n) is 3.90. The zero-order valence-electron chi connectivity index (χ0n) is 9.66. The van der Waals surface area contributed by atoms with Crippen molar-refractivity contribution in [2.75, 3.05) is 7.11 Å². The minimum Gasteiger partial charge on any atom is -0.467 e. The minimum atomic E-state index is -1.10. The fourth-order valence-electron chi connectivity index (χ4n) is 1.12. The summed E-state index contributed by atoms with van der Waals surface area (Å²) in [6, 6.07) is 1.49. The molecule has 6 nitrogen and oxygen atoms in total. The van der Waals surface area contributed by atoms with E-state index in [-0.39, 0.29) is 5.76 Å². The van der Waals surface area contributed by atoms with Gasteiger partial charge in [0.1, 0.15) is 5.54 Å². The molecule has 0 bridgehead atoms. The number of carbonyl (C=O) groups excluding carboxylic acids is 2. The predicted octanol–water partition coefficient (Wildman–Crippen LogP) is 0.664. The standard InChI is InChI=1S/C10H14N2O4/c1-6-5-7(16-12-6)8(13)11-10(2,3)9(14)15-4/h5H,1-4H3,(H,11,13). The van der Waals surface area contributed by atoms with Gasteiger partial charge < -0.3 is 14.6 Å². The fraction of sp³-hybridized carbons (Fsp3) is 0.500. The summed E-state index contributed by atoms with van der Waals surface area (Å²) in [5, 5.41) is 6.07. The van der Waals surface area contributed by atoms with Crippen LogP contribution in [0.5, 0.6) is 0 Å². The van der Waals surface area contributed by atoms with E-state index in [1.54, 1.807) is 20.8 Å². The first kappa shape index (κ1) is 12.2. The maximum atomic E-state index is 11.6. The zero-order chi connectivity index (χ0) is 12.3. The lowest BCUT2D eigenvalue weighted by atomic mass is 10.1. The van der Waals surface area contributed by atoms with Crippen molar-refractivity contribution in [3.8, 4) is 0 Å². The van der Waals surface area contributed by atoms with E-state index in [4.69, 9.17) is 4.52 Å². The van der Waals surface area contributed by atoms with Crippen molar-refractivity contribution >= 4 is 11.9 Å². The Labute approximate surface area is 92.9 Å². The third-order valence-corrected chi connectivity index (χ3v) is 1.97. The summed E-state index contributed by atoms with van der Waals surface area (Å²) in [6.45, 7) is 4.78. The first-order valence-electron chi connectivity index (χ1n) is 4.71. The first-order valence-corrected chi connectivity index (χ1v) is 4.71. The van der Waals surface area contributed by atoms with Crippen LogP contribution in [0, 0.1) is 6.92 Å². The average Bonchev–Trinajstić information content (AvgIpc) is 2.63. The first-order chi connectivity index (χ1) is 7.36. The summed E-state index contributed by atoms with van der Waals surface area (Å²) in [5.41, 5.74) is -0.506. The molecular weight excluding hydrogens is 212 g/mol. The highest BCUT2D eigenvalue weighted by Gasteiger charge is 2.31. The smallest absolute Gasteiger partial charge is 0.330 e. The Hall–Kier alpha value is -1.85. The van der Waals surface area contributed by atoms with E-state index in [0.717, 1.165) is 0 Å². The van der Waals surface area contributed by atoms with Gasteiger partial charge in [0.2, 0.25) is 5.76 Å². The lowest BCUT2D eigenvalue weighted by molar-refractivity contribution is -0.146. The van der Waals surface area contributed by atoms with Crippen molar-refractivity contribution in [1.29, 1.82) is 0 Å². The number of hydrogen-bond donors (Lipinski definition) is 1. The summed E-state index contributed by atoms with van der Waals surface area (Å²) in [6.07, 6.45) is 0. The van der Waals surface area contributed by atoms with Gasteiger partial charge in [0, 0.05) is 6.07 Å². The number of nitrogens with one attached hydrogen (secondary N) is 1. The Kier molecular flexibility index (Phi) is 3.31. The third kappa shape index (κ3) is 2.59. The molecule has 0 spiro atoms. The SMILES string of the molecule is COC(=O)C(C)(C)NC(=O)c1cc(C)no1. The van der Waals surface area contributed by atoms with Gasteiger partial charge in [0.05, 0.1) is 12.8 Å². The van der Waals surface area contributed by atoms with E-state index in [1.165, 1.54) is 13.2 Å². The van der Waals surface area contributed by atoms with Crippen molar-refractivity contribution < 1.29 is 18.8 Å². The number of aromatic nitrogens is 1. The molecule has 1 heterocycles. The van der Waals surface area contributed by atoms with Crippen molar-refractivity contribution in [3.63, 3.8) is 0 Å². The van der Waals surface area contributed by atoms with Crippen LogP contribution in [-0.4, -0.2) is 29.7 Å². The predicted molar refractivity (Wildman–Crippen MR) is 54.8 cm³/mol. The molecule has 1 aromatic rings. The number of carbonyl (C=O) groups is 2. The molecule has 88 valence electrons. The van der Waals surface area contributed by atoms with Crippen LogP contribution >= 0.6 is 0 Å². The van der Waals surface area contributed by atoms with Crippen LogP contribution in [0.2, 0.25) is 0 Å². The molecular formula is C10H14N2O4. The van der Waals surface area contributed by atoms with E-state index in [9.17, 15) is 9.59 Å². The Balaban J connectivity index is 2.75. The van der Waals surface area contributed by atoms with Crippen molar-refractivity contribution in [2.45, 2.75) is 26.3 Å². The molecule has 0 aromatic carbocycles. The molecule has 0 unspecified atom stereocenters. The maximum Gasteiger partial charge on any atom is 0.330 e. The van der Waals surface area contributed by atoms with E-state index >= 15 is 0 Å². The summed E-state index contributed by atoms with van der Waals surface area (Å²) >= 11 is 0. The monoisotopic (exact) mass is 226 g/mol. The highest BCUT2D eigenvalue weighted by atomic mass is 16.5. The van der Waals surface area contributed by atoms with E-state index in [2.05, 4.69) is 15.2 Å². The van der Waals surface area contributed by atoms with Crippen LogP contribution in [0.3, 0.4) is 0 Å². The lowest BCUT2D eigenvalue weighted by Crippen LogP contribution is -2.50. The van der Waals surface area contributed by atoms with E-state index in [0.29, 0.717) is 5.69 Å². The van der Waals surface area contributed by atoms with Crippen molar-refractivity contribution in [3.05, 3.63) is 17.5 Å². The summed E-state index contributed by atoms with van der Waals surface area (Å²) in [4.78, 5) is 23.0. The number of ether oxygens (including phenoxy) is 1. The van der Waals surface area contributed by atoms with Gasteiger partial charge in [-0.2, -0.15) is 0 Å². The molecule has 0 saturated heterocycles. The average molecular weight is 226 g/mol. The molecule has 1 aromatic heterocycles. The van der Waals surface area contributed by atoms with Crippen molar-refractivity contribution in [2.24, 2.45) is 0 Å². The van der Waals surface area contributed by atoms with Gasteiger partial charge in [-0.05, 0) is 20.8 Å². The second-order valence-corrected chi connectivity index (χ2v) is 3.90. The van der Waals surface area contributed by atoms with Crippen LogP contribution in [0.4, 0.5) is 0 Å². The molecule has 0 atom stereocenters. The van der Waals surface area contributed by atoms with E-state index in [1.807, 2.05) is 0 Å². The van der Waals surface area contributed by atoms with Gasteiger partial charge in [-0.15, -0.1) is 0 Å². The topological polar surface area (TPSA) is 81.4 Å². The maximum absolute atomic E-state index is 11.6. The molecule has 0 aliphatic rings. The zero-order valence-corrected chi connectivity index (χ0v) is 9.66. The third-order valence-electron chi connectivity index (χ3n) is 1.97. The molecule has 0 aliphatic heterocycles. The fourth-order valence-corrected chi connectivity index (χ4v) is 1.12. The molecule has 6 heteroatoms. The Morgan fingerprint density at radius 3 is 2.56 bits per heavy atom. The largest absolute Gasteiger partial charge is 0.467 e. The van der Waals surface area contributed by atoms with Gasteiger partial charge in [0.25, 0.3) is 5.91 Å². The highest BCUT2D eigenvalue weighted by molar-refractivity contribution is 5.95. The Morgan fingerprint density at radius 1 is 1.50 bits per heavy atom. The Morgan fingerprint density at radius 2 is 2.12 bits per heavy atom. The minimum absolute atomic E-state index is 0.0643. The highest BCUT2D eigenvalue weighted by Crippen LogP contribution is 2.08. The molecule has 0 radical (unpaired) electrons. The number of rotatable bonds is 3. The molecule has 1 rings (SSSR count). The van der Waals surface area contributed by atoms with Crippen LogP contribution in [-0.2, 0) is 9.53 Å². The van der Waals surface area contributed by atoms with Gasteiger partial charge in [0.15, 0.2) is 0 Å². The van der Waals surface area contributed by atoms with Crippen LogP contribution in [0.25, 0.3) is 0 Å². The molecule has 0 fully saturated rings. The number of esters is 1. The van der Waals surface area contributed by atoms with Crippen LogP contribution < -0.4 is 5.32 Å². The van der Waals surface area contributed by atoms with Crippen LogP contribution in [0.15, 0.2) is 10.6 Å². The van der Waals surface area contributed by atoms with Gasteiger partial charge in [-0.3, -0.25) is 4.79 Å². The molecule has 0 saturated carbocycles. The number of methoxy groups -OCH3 is 1. The van der Waals surface area contributed by atoms with Gasteiger partial charge >= 0.3 is 5.97 Å². The summed E-state index contributed by atoms with van der Waals surface area (Å²) in [5.74, 6) is -0.970. The van der Waals surface area contributed by atoms with Crippen molar-refractivity contribution in [1.82, 2.24) is 10.5 Å². The Bertz CT molecular complexity index is 409. The number of amides is 1. The molecule has 0 aliphatic carbocycles. The number of aryl methyl sites for hydroxylation is 1.